The Bertz CT molecular complexity index is 1020. The number of piperidine rings is 1. The van der Waals surface area contributed by atoms with Gasteiger partial charge in [0.2, 0.25) is 15.9 Å². The minimum atomic E-state index is -3.63. The van der Waals surface area contributed by atoms with Gasteiger partial charge in [-0.25, -0.2) is 8.42 Å². The van der Waals surface area contributed by atoms with E-state index < -0.39 is 15.9 Å². The highest BCUT2D eigenvalue weighted by molar-refractivity contribution is 7.89. The van der Waals surface area contributed by atoms with Crippen molar-refractivity contribution in [2.24, 2.45) is 5.92 Å². The van der Waals surface area contributed by atoms with Gasteiger partial charge in [-0.1, -0.05) is 17.7 Å². The number of hydrogen-bond acceptors (Lipinski definition) is 5. The fourth-order valence-corrected chi connectivity index (χ4v) is 5.34. The summed E-state index contributed by atoms with van der Waals surface area (Å²) in [7, 11) is -0.467. The standard InChI is InChI=1S/C23H30N2O5S/c1-16-7-10-20(11-8-16)31(27,28)25-13-5-6-18(15-25)23(26)24-17(2)21-14-19(29-3)9-12-22(21)30-4/h7-12,14,17-18H,5-6,13,15H2,1-4H3,(H,24,26). The number of ether oxygens (including phenoxy) is 2. The van der Waals surface area contributed by atoms with Crippen LogP contribution in [-0.4, -0.2) is 45.9 Å². The zero-order valence-electron chi connectivity index (χ0n) is 18.4. The van der Waals surface area contributed by atoms with Crippen molar-refractivity contribution >= 4 is 15.9 Å². The third kappa shape index (κ3) is 5.19. The highest BCUT2D eigenvalue weighted by Gasteiger charge is 2.34. The summed E-state index contributed by atoms with van der Waals surface area (Å²) in [6, 6.07) is 11.9. The zero-order valence-corrected chi connectivity index (χ0v) is 19.2. The molecule has 7 nitrogen and oxygen atoms in total. The fraction of sp³-hybridized carbons (Fsp3) is 0.435. The normalized spacial score (nSPS) is 18.3. The average Bonchev–Trinajstić information content (AvgIpc) is 2.78. The van der Waals surface area contributed by atoms with Gasteiger partial charge in [-0.15, -0.1) is 0 Å². The molecular weight excluding hydrogens is 416 g/mol. The highest BCUT2D eigenvalue weighted by atomic mass is 32.2. The number of carbonyl (C=O) groups is 1. The van der Waals surface area contributed by atoms with Crippen LogP contribution in [0.1, 0.15) is 36.9 Å². The van der Waals surface area contributed by atoms with Crippen LogP contribution in [0, 0.1) is 12.8 Å². The van der Waals surface area contributed by atoms with Crippen molar-refractivity contribution < 1.29 is 22.7 Å². The highest BCUT2D eigenvalue weighted by Crippen LogP contribution is 2.30. The fourth-order valence-electron chi connectivity index (χ4n) is 3.82. The molecule has 0 radical (unpaired) electrons. The predicted octanol–water partition coefficient (Wildman–Crippen LogP) is 3.29. The van der Waals surface area contributed by atoms with E-state index in [1.54, 1.807) is 50.6 Å². The molecule has 2 aromatic rings. The molecule has 1 N–H and O–H groups in total. The lowest BCUT2D eigenvalue weighted by atomic mass is 9.97. The molecule has 1 heterocycles. The maximum Gasteiger partial charge on any atom is 0.243 e. The molecular formula is C23H30N2O5S. The van der Waals surface area contributed by atoms with Gasteiger partial charge >= 0.3 is 0 Å². The molecule has 1 aliphatic heterocycles. The molecule has 1 saturated heterocycles. The Morgan fingerprint density at radius 2 is 1.84 bits per heavy atom. The van der Waals surface area contributed by atoms with Crippen molar-refractivity contribution in [3.8, 4) is 11.5 Å². The van der Waals surface area contributed by atoms with Gasteiger partial charge in [0.15, 0.2) is 0 Å². The molecule has 3 rings (SSSR count). The number of benzene rings is 2. The number of nitrogens with zero attached hydrogens (tertiary/aromatic N) is 1. The van der Waals surface area contributed by atoms with Gasteiger partial charge in [0.1, 0.15) is 11.5 Å². The third-order valence-electron chi connectivity index (χ3n) is 5.68. The Balaban J connectivity index is 1.72. The maximum atomic E-state index is 13.0. The first-order valence-corrected chi connectivity index (χ1v) is 11.8. The molecule has 0 saturated carbocycles. The number of rotatable bonds is 7. The van der Waals surface area contributed by atoms with E-state index >= 15 is 0 Å². The number of hydrogen-bond donors (Lipinski definition) is 1. The number of carbonyl (C=O) groups excluding carboxylic acids is 1. The Morgan fingerprint density at radius 3 is 2.48 bits per heavy atom. The van der Waals surface area contributed by atoms with Crippen LogP contribution in [0.3, 0.4) is 0 Å². The molecule has 0 aromatic heterocycles. The summed E-state index contributed by atoms with van der Waals surface area (Å²) in [5.74, 6) is 0.750. The van der Waals surface area contributed by atoms with E-state index in [1.807, 2.05) is 19.9 Å². The summed E-state index contributed by atoms with van der Waals surface area (Å²) >= 11 is 0. The van der Waals surface area contributed by atoms with E-state index in [4.69, 9.17) is 9.47 Å². The lowest BCUT2D eigenvalue weighted by molar-refractivity contribution is -0.126. The van der Waals surface area contributed by atoms with Gasteiger partial charge < -0.3 is 14.8 Å². The molecule has 2 unspecified atom stereocenters. The van der Waals surface area contributed by atoms with Crippen LogP contribution < -0.4 is 14.8 Å². The minimum Gasteiger partial charge on any atom is -0.497 e. The largest absolute Gasteiger partial charge is 0.497 e. The summed E-state index contributed by atoms with van der Waals surface area (Å²) in [6.45, 7) is 4.37. The minimum absolute atomic E-state index is 0.166. The van der Waals surface area contributed by atoms with E-state index in [9.17, 15) is 13.2 Å². The molecule has 31 heavy (non-hydrogen) atoms. The Morgan fingerprint density at radius 1 is 1.13 bits per heavy atom. The number of sulfonamides is 1. The number of nitrogens with one attached hydrogen (secondary N) is 1. The second-order valence-electron chi connectivity index (χ2n) is 7.85. The predicted molar refractivity (Wildman–Crippen MR) is 119 cm³/mol. The lowest BCUT2D eigenvalue weighted by Gasteiger charge is -2.32. The summed E-state index contributed by atoms with van der Waals surface area (Å²) in [4.78, 5) is 13.2. The van der Waals surface area contributed by atoms with Crippen molar-refractivity contribution in [1.29, 1.82) is 0 Å². The van der Waals surface area contributed by atoms with Crippen LogP contribution in [0.15, 0.2) is 47.4 Å². The summed E-state index contributed by atoms with van der Waals surface area (Å²) in [6.07, 6.45) is 1.29. The Kier molecular flexibility index (Phi) is 7.23. The second kappa shape index (κ2) is 9.70. The van der Waals surface area contributed by atoms with Crippen LogP contribution in [0.4, 0.5) is 0 Å². The first-order valence-electron chi connectivity index (χ1n) is 10.4. The van der Waals surface area contributed by atoms with Crippen molar-refractivity contribution in [2.75, 3.05) is 27.3 Å². The molecule has 0 bridgehead atoms. The van der Waals surface area contributed by atoms with Crippen molar-refractivity contribution in [3.05, 3.63) is 53.6 Å². The topological polar surface area (TPSA) is 84.9 Å². The first kappa shape index (κ1) is 23.1. The van der Waals surface area contributed by atoms with Crippen LogP contribution in [0.2, 0.25) is 0 Å². The molecule has 8 heteroatoms. The van der Waals surface area contributed by atoms with Gasteiger partial charge in [-0.3, -0.25) is 4.79 Å². The van der Waals surface area contributed by atoms with E-state index in [2.05, 4.69) is 5.32 Å². The van der Waals surface area contributed by atoms with Crippen LogP contribution >= 0.6 is 0 Å². The van der Waals surface area contributed by atoms with Crippen molar-refractivity contribution in [1.82, 2.24) is 9.62 Å². The molecule has 1 aliphatic rings. The quantitative estimate of drug-likeness (QED) is 0.706. The number of amides is 1. The van der Waals surface area contributed by atoms with Gasteiger partial charge in [0.05, 0.1) is 31.1 Å². The van der Waals surface area contributed by atoms with Gasteiger partial charge in [-0.05, 0) is 57.0 Å². The summed E-state index contributed by atoms with van der Waals surface area (Å²) in [5, 5.41) is 3.02. The molecule has 0 spiro atoms. The van der Waals surface area contributed by atoms with Crippen molar-refractivity contribution in [3.63, 3.8) is 0 Å². The van der Waals surface area contributed by atoms with Gasteiger partial charge in [0.25, 0.3) is 0 Å². The third-order valence-corrected chi connectivity index (χ3v) is 7.56. The van der Waals surface area contributed by atoms with E-state index in [1.165, 1.54) is 4.31 Å². The number of aryl methyl sites for hydroxylation is 1. The smallest absolute Gasteiger partial charge is 0.243 e. The molecule has 2 aromatic carbocycles. The van der Waals surface area contributed by atoms with E-state index in [0.29, 0.717) is 30.9 Å². The van der Waals surface area contributed by atoms with E-state index in [-0.39, 0.29) is 23.4 Å². The van der Waals surface area contributed by atoms with Crippen molar-refractivity contribution in [2.45, 2.75) is 37.6 Å². The molecule has 1 fully saturated rings. The van der Waals surface area contributed by atoms with Crippen LogP contribution in [0.25, 0.3) is 0 Å². The van der Waals surface area contributed by atoms with Gasteiger partial charge in [0, 0.05) is 18.7 Å². The van der Waals surface area contributed by atoms with Crippen LogP contribution in [0.5, 0.6) is 11.5 Å². The monoisotopic (exact) mass is 446 g/mol. The zero-order chi connectivity index (χ0) is 22.6. The Hall–Kier alpha value is -2.58. The average molecular weight is 447 g/mol. The maximum absolute atomic E-state index is 13.0. The van der Waals surface area contributed by atoms with E-state index in [0.717, 1.165) is 11.1 Å². The SMILES string of the molecule is COc1ccc(OC)c(C(C)NC(=O)C2CCCN(S(=O)(=O)c3ccc(C)cc3)C2)c1. The first-order chi connectivity index (χ1) is 14.8. The summed E-state index contributed by atoms with van der Waals surface area (Å²) < 4.78 is 38.2. The number of methoxy groups -OCH3 is 2. The van der Waals surface area contributed by atoms with Gasteiger partial charge in [-0.2, -0.15) is 4.31 Å². The lowest BCUT2D eigenvalue weighted by Crippen LogP contribution is -2.45. The molecule has 1 amide bonds. The van der Waals surface area contributed by atoms with Crippen LogP contribution in [-0.2, 0) is 14.8 Å². The second-order valence-corrected chi connectivity index (χ2v) is 9.79. The Labute approximate surface area is 184 Å². The molecule has 168 valence electrons. The summed E-state index contributed by atoms with van der Waals surface area (Å²) in [5.41, 5.74) is 1.80. The molecule has 2 atom stereocenters. The molecule has 0 aliphatic carbocycles.